The molecule has 0 saturated heterocycles. The van der Waals surface area contributed by atoms with Gasteiger partial charge in [-0.3, -0.25) is 9.59 Å². The molecular weight excluding hydrogens is 320 g/mol. The maximum atomic E-state index is 12.5. The van der Waals surface area contributed by atoms with Gasteiger partial charge in [-0.25, -0.2) is 0 Å². The summed E-state index contributed by atoms with van der Waals surface area (Å²) in [5.74, 6) is -0.593. The van der Waals surface area contributed by atoms with Crippen molar-refractivity contribution in [3.63, 3.8) is 0 Å². The summed E-state index contributed by atoms with van der Waals surface area (Å²) >= 11 is 0. The number of para-hydroxylation sites is 1. The summed E-state index contributed by atoms with van der Waals surface area (Å²) in [4.78, 5) is 23.4. The molecule has 0 unspecified atom stereocenters. The first-order chi connectivity index (χ1) is 12.1. The van der Waals surface area contributed by atoms with E-state index in [2.05, 4.69) is 10.6 Å². The smallest absolute Gasteiger partial charge is 0.306 e. The number of rotatable bonds is 6. The molecule has 0 bridgehead atoms. The van der Waals surface area contributed by atoms with Crippen LogP contribution in [-0.4, -0.2) is 30.1 Å². The summed E-state index contributed by atoms with van der Waals surface area (Å²) in [6, 6.07) is 14.6. The number of anilines is 2. The van der Waals surface area contributed by atoms with Crippen LogP contribution in [0.4, 0.5) is 11.4 Å². The first-order valence-corrected chi connectivity index (χ1v) is 8.10. The van der Waals surface area contributed by atoms with Crippen LogP contribution >= 0.6 is 0 Å². The normalized spacial score (nSPS) is 18.8. The molecule has 3 N–H and O–H groups in total. The summed E-state index contributed by atoms with van der Waals surface area (Å²) in [7, 11) is 1.61. The number of carboxylic acids is 1. The van der Waals surface area contributed by atoms with Gasteiger partial charge in [0, 0.05) is 11.7 Å². The maximum absolute atomic E-state index is 12.5. The summed E-state index contributed by atoms with van der Waals surface area (Å²) in [6.45, 7) is 0. The van der Waals surface area contributed by atoms with Crippen LogP contribution < -0.4 is 15.4 Å². The van der Waals surface area contributed by atoms with Crippen LogP contribution in [0.25, 0.3) is 0 Å². The second-order valence-corrected chi connectivity index (χ2v) is 6.08. The van der Waals surface area contributed by atoms with Gasteiger partial charge in [-0.1, -0.05) is 12.1 Å². The molecule has 6 nitrogen and oxygen atoms in total. The van der Waals surface area contributed by atoms with Gasteiger partial charge < -0.3 is 20.5 Å². The van der Waals surface area contributed by atoms with Gasteiger partial charge in [0.2, 0.25) is 0 Å². The van der Waals surface area contributed by atoms with Gasteiger partial charge in [-0.15, -0.1) is 0 Å². The Kier molecular flexibility index (Phi) is 4.88. The highest BCUT2D eigenvalue weighted by Crippen LogP contribution is 2.28. The third kappa shape index (κ3) is 3.91. The zero-order valence-corrected chi connectivity index (χ0v) is 13.9. The SMILES string of the molecule is COc1ccc(Nc2ccccc2C(=O)NC2CC(C(=O)O)C2)cc1. The quantitative estimate of drug-likeness (QED) is 0.752. The van der Waals surface area contributed by atoms with Crippen molar-refractivity contribution >= 4 is 23.3 Å². The largest absolute Gasteiger partial charge is 0.497 e. The minimum absolute atomic E-state index is 0.0809. The molecule has 3 rings (SSSR count). The summed E-state index contributed by atoms with van der Waals surface area (Å²) in [5, 5.41) is 15.0. The minimum atomic E-state index is -0.799. The van der Waals surface area contributed by atoms with Gasteiger partial charge in [-0.05, 0) is 49.2 Å². The number of carbonyl (C=O) groups excluding carboxylic acids is 1. The lowest BCUT2D eigenvalue weighted by atomic mass is 9.80. The molecule has 0 radical (unpaired) electrons. The van der Waals surface area contributed by atoms with Gasteiger partial charge in [0.25, 0.3) is 5.91 Å². The maximum Gasteiger partial charge on any atom is 0.306 e. The average Bonchev–Trinajstić information content (AvgIpc) is 2.58. The topological polar surface area (TPSA) is 87.7 Å². The molecule has 0 aliphatic heterocycles. The van der Waals surface area contributed by atoms with Crippen LogP contribution in [-0.2, 0) is 4.79 Å². The van der Waals surface area contributed by atoms with E-state index in [9.17, 15) is 9.59 Å². The number of methoxy groups -OCH3 is 1. The number of carbonyl (C=O) groups is 2. The lowest BCUT2D eigenvalue weighted by molar-refractivity contribution is -0.145. The van der Waals surface area contributed by atoms with Crippen molar-refractivity contribution in [3.8, 4) is 5.75 Å². The zero-order chi connectivity index (χ0) is 17.8. The van der Waals surface area contributed by atoms with E-state index in [1.54, 1.807) is 19.2 Å². The molecule has 2 aromatic carbocycles. The Labute approximate surface area is 145 Å². The molecule has 1 aliphatic rings. The Bertz CT molecular complexity index is 767. The number of nitrogens with one attached hydrogen (secondary N) is 2. The van der Waals surface area contributed by atoms with E-state index < -0.39 is 5.97 Å². The average molecular weight is 340 g/mol. The van der Waals surface area contributed by atoms with Crippen LogP contribution in [0.2, 0.25) is 0 Å². The highest BCUT2D eigenvalue weighted by atomic mass is 16.5. The molecule has 1 saturated carbocycles. The Morgan fingerprint density at radius 2 is 1.76 bits per heavy atom. The Hall–Kier alpha value is -3.02. The second-order valence-electron chi connectivity index (χ2n) is 6.08. The van der Waals surface area contributed by atoms with Crippen molar-refractivity contribution < 1.29 is 19.4 Å². The third-order valence-electron chi connectivity index (χ3n) is 4.36. The monoisotopic (exact) mass is 340 g/mol. The van der Waals surface area contributed by atoms with Crippen molar-refractivity contribution in [2.75, 3.05) is 12.4 Å². The molecule has 2 aromatic rings. The number of aliphatic carboxylic acids is 1. The van der Waals surface area contributed by atoms with Crippen molar-refractivity contribution in [2.45, 2.75) is 18.9 Å². The highest BCUT2D eigenvalue weighted by molar-refractivity contribution is 6.00. The van der Waals surface area contributed by atoms with Crippen molar-refractivity contribution in [1.82, 2.24) is 5.32 Å². The number of hydrogen-bond donors (Lipinski definition) is 3. The van der Waals surface area contributed by atoms with Crippen molar-refractivity contribution in [2.24, 2.45) is 5.92 Å². The highest BCUT2D eigenvalue weighted by Gasteiger charge is 2.35. The van der Waals surface area contributed by atoms with Crippen LogP contribution in [0.3, 0.4) is 0 Å². The molecule has 0 aromatic heterocycles. The van der Waals surface area contributed by atoms with E-state index in [0.29, 0.717) is 24.1 Å². The fraction of sp³-hybridized carbons (Fsp3) is 0.263. The zero-order valence-electron chi connectivity index (χ0n) is 13.9. The van der Waals surface area contributed by atoms with Crippen LogP contribution in [0.15, 0.2) is 48.5 Å². The molecule has 0 heterocycles. The number of hydrogen-bond acceptors (Lipinski definition) is 4. The molecule has 130 valence electrons. The first kappa shape index (κ1) is 16.8. The van der Waals surface area contributed by atoms with E-state index >= 15 is 0 Å². The third-order valence-corrected chi connectivity index (χ3v) is 4.36. The summed E-state index contributed by atoms with van der Waals surface area (Å²) < 4.78 is 5.14. The van der Waals surface area contributed by atoms with Crippen LogP contribution in [0, 0.1) is 5.92 Å². The molecule has 0 spiro atoms. The standard InChI is InChI=1S/C19H20N2O4/c1-25-15-8-6-13(7-9-15)20-17-5-3-2-4-16(17)18(22)21-14-10-12(11-14)19(23)24/h2-9,12,14,20H,10-11H2,1H3,(H,21,22)(H,23,24). The second kappa shape index (κ2) is 7.25. The predicted octanol–water partition coefficient (Wildman–Crippen LogP) is 3.03. The lowest BCUT2D eigenvalue weighted by Gasteiger charge is -2.33. The molecule has 25 heavy (non-hydrogen) atoms. The van der Waals surface area contributed by atoms with Crippen molar-refractivity contribution in [3.05, 3.63) is 54.1 Å². The lowest BCUT2D eigenvalue weighted by Crippen LogP contribution is -2.46. The van der Waals surface area contributed by atoms with Crippen LogP contribution in [0.1, 0.15) is 23.2 Å². The Balaban J connectivity index is 1.67. The van der Waals surface area contributed by atoms with Crippen LogP contribution in [0.5, 0.6) is 5.75 Å². The predicted molar refractivity (Wildman–Crippen MR) is 94.3 cm³/mol. The van der Waals surface area contributed by atoms with Gasteiger partial charge in [0.1, 0.15) is 5.75 Å². The molecule has 1 aliphatic carbocycles. The van der Waals surface area contributed by atoms with E-state index in [0.717, 1.165) is 11.4 Å². The number of amides is 1. The Morgan fingerprint density at radius 3 is 2.40 bits per heavy atom. The van der Waals surface area contributed by atoms with Gasteiger partial charge in [0.15, 0.2) is 0 Å². The Morgan fingerprint density at radius 1 is 1.08 bits per heavy atom. The summed E-state index contributed by atoms with van der Waals surface area (Å²) in [5.41, 5.74) is 2.06. The van der Waals surface area contributed by atoms with Gasteiger partial charge in [0.05, 0.1) is 24.3 Å². The fourth-order valence-corrected chi connectivity index (χ4v) is 2.82. The molecule has 6 heteroatoms. The number of carboxylic acid groups (broad SMARTS) is 1. The molecule has 1 fully saturated rings. The van der Waals surface area contributed by atoms with E-state index in [4.69, 9.17) is 9.84 Å². The first-order valence-electron chi connectivity index (χ1n) is 8.10. The number of benzene rings is 2. The van der Waals surface area contributed by atoms with Gasteiger partial charge in [-0.2, -0.15) is 0 Å². The minimum Gasteiger partial charge on any atom is -0.497 e. The van der Waals surface area contributed by atoms with E-state index in [-0.39, 0.29) is 17.9 Å². The molecular formula is C19H20N2O4. The van der Waals surface area contributed by atoms with E-state index in [1.165, 1.54) is 0 Å². The van der Waals surface area contributed by atoms with E-state index in [1.807, 2.05) is 36.4 Å². The van der Waals surface area contributed by atoms with Crippen molar-refractivity contribution in [1.29, 1.82) is 0 Å². The van der Waals surface area contributed by atoms with Gasteiger partial charge >= 0.3 is 5.97 Å². The fourth-order valence-electron chi connectivity index (χ4n) is 2.82. The molecule has 1 amide bonds. The number of ether oxygens (including phenoxy) is 1. The summed E-state index contributed by atoms with van der Waals surface area (Å²) in [6.07, 6.45) is 0.963. The molecule has 0 atom stereocenters.